The molecule has 23 heavy (non-hydrogen) atoms. The van der Waals surface area contributed by atoms with Crippen molar-refractivity contribution >= 4 is 0 Å². The van der Waals surface area contributed by atoms with E-state index in [1.807, 2.05) is 0 Å². The largest absolute Gasteiger partial charge is 0.330 e. The Morgan fingerprint density at radius 3 is 2.13 bits per heavy atom. The Morgan fingerprint density at radius 2 is 1.26 bits per heavy atom. The quantitative estimate of drug-likeness (QED) is 0.737. The molecule has 2 bridgehead atoms. The Bertz CT molecular complexity index is 613. The molecule has 8 aliphatic rings. The molecule has 0 radical (unpaired) electrons. The second kappa shape index (κ2) is 3.44. The van der Waals surface area contributed by atoms with Crippen molar-refractivity contribution in [3.05, 3.63) is 0 Å². The number of nitrogens with two attached hydrogens (primary N) is 1. The minimum Gasteiger partial charge on any atom is -0.330 e. The third kappa shape index (κ3) is 0.991. The lowest BCUT2D eigenvalue weighted by molar-refractivity contribution is -0.329. The molecule has 0 heterocycles. The minimum atomic E-state index is 0.934. The smallest absolute Gasteiger partial charge is 0.00459 e. The third-order valence-corrected chi connectivity index (χ3v) is 12.0. The van der Waals surface area contributed by atoms with E-state index in [1.165, 1.54) is 71.5 Å². The van der Waals surface area contributed by atoms with Crippen LogP contribution >= 0.6 is 0 Å². The Morgan fingerprint density at radius 1 is 0.609 bits per heavy atom. The standard InChI is InChI=1S/C22H31N/c1-7-2-8-3-10(7)17-15(8)20-19-13-5-12-14-9(6-23)4-11(14)16(12)18(13)21(19)22(17)20/h7-22H,2-6,23H2,1H3. The monoisotopic (exact) mass is 309 g/mol. The summed E-state index contributed by atoms with van der Waals surface area (Å²) < 4.78 is 0. The predicted octanol–water partition coefficient (Wildman–Crippen LogP) is 3.49. The van der Waals surface area contributed by atoms with Crippen molar-refractivity contribution in [3.63, 3.8) is 0 Å². The van der Waals surface area contributed by atoms with Crippen molar-refractivity contribution in [1.29, 1.82) is 0 Å². The van der Waals surface area contributed by atoms with Gasteiger partial charge >= 0.3 is 0 Å². The van der Waals surface area contributed by atoms with Gasteiger partial charge in [-0.2, -0.15) is 0 Å². The van der Waals surface area contributed by atoms with Crippen LogP contribution in [0.4, 0.5) is 0 Å². The van der Waals surface area contributed by atoms with Crippen LogP contribution in [0.25, 0.3) is 0 Å². The lowest BCUT2D eigenvalue weighted by Crippen LogP contribution is -2.76. The topological polar surface area (TPSA) is 26.0 Å². The maximum atomic E-state index is 6.02. The van der Waals surface area contributed by atoms with Crippen LogP contribution in [0.3, 0.4) is 0 Å². The van der Waals surface area contributed by atoms with Gasteiger partial charge in [-0.15, -0.1) is 0 Å². The van der Waals surface area contributed by atoms with Gasteiger partial charge < -0.3 is 5.73 Å². The zero-order valence-corrected chi connectivity index (χ0v) is 14.4. The summed E-state index contributed by atoms with van der Waals surface area (Å²) in [5.41, 5.74) is 6.02. The molecule has 1 heteroatoms. The van der Waals surface area contributed by atoms with Crippen molar-refractivity contribution in [2.45, 2.75) is 32.6 Å². The molecule has 124 valence electrons. The summed E-state index contributed by atoms with van der Waals surface area (Å²) in [7, 11) is 0. The van der Waals surface area contributed by atoms with E-state index in [2.05, 4.69) is 6.92 Å². The van der Waals surface area contributed by atoms with Crippen molar-refractivity contribution < 1.29 is 0 Å². The number of rotatable bonds is 1. The van der Waals surface area contributed by atoms with Gasteiger partial charge in [-0.1, -0.05) is 6.92 Å². The summed E-state index contributed by atoms with van der Waals surface area (Å²) in [6, 6.07) is 0. The first kappa shape index (κ1) is 12.3. The van der Waals surface area contributed by atoms with E-state index >= 15 is 0 Å². The molecule has 1 nitrogen and oxygen atoms in total. The van der Waals surface area contributed by atoms with E-state index in [4.69, 9.17) is 5.73 Å². The fourth-order valence-electron chi connectivity index (χ4n) is 11.8. The lowest BCUT2D eigenvalue weighted by Gasteiger charge is -2.80. The van der Waals surface area contributed by atoms with Crippen LogP contribution < -0.4 is 5.73 Å². The normalized spacial score (nSPS) is 80.1. The minimum absolute atomic E-state index is 0.934. The second-order valence-corrected chi connectivity index (χ2v) is 11.5. The first-order valence-electron chi connectivity index (χ1n) is 11.0. The fraction of sp³-hybridized carbons (Fsp3) is 1.00. The lowest BCUT2D eigenvalue weighted by atomic mass is 9.25. The zero-order valence-electron chi connectivity index (χ0n) is 14.4. The Kier molecular flexibility index (Phi) is 1.84. The fourth-order valence-corrected chi connectivity index (χ4v) is 11.8. The third-order valence-electron chi connectivity index (χ3n) is 12.0. The summed E-state index contributed by atoms with van der Waals surface area (Å²) in [6.07, 6.45) is 6.42. The molecule has 0 aliphatic heterocycles. The van der Waals surface area contributed by atoms with Gasteiger partial charge in [0.25, 0.3) is 0 Å². The molecule has 8 fully saturated rings. The molecule has 0 aromatic rings. The highest BCUT2D eigenvalue weighted by atomic mass is 14.9. The molecule has 0 aromatic carbocycles. The second-order valence-electron chi connectivity index (χ2n) is 11.5. The first-order valence-corrected chi connectivity index (χ1v) is 11.0. The highest BCUT2D eigenvalue weighted by Crippen LogP contribution is 2.88. The highest BCUT2D eigenvalue weighted by molar-refractivity contribution is 5.31. The molecule has 16 unspecified atom stereocenters. The van der Waals surface area contributed by atoms with Gasteiger partial charge in [0.15, 0.2) is 0 Å². The average Bonchev–Trinajstić information content (AvgIpc) is 3.07. The van der Waals surface area contributed by atoms with E-state index in [0.29, 0.717) is 0 Å². The maximum Gasteiger partial charge on any atom is -0.00459 e. The van der Waals surface area contributed by atoms with Crippen LogP contribution in [-0.2, 0) is 0 Å². The summed E-state index contributed by atoms with van der Waals surface area (Å²) in [6.45, 7) is 3.57. The number of fused-ring (bicyclic) bond motifs is 19. The van der Waals surface area contributed by atoms with Crippen LogP contribution in [0.5, 0.6) is 0 Å². The van der Waals surface area contributed by atoms with Gasteiger partial charge in [0.05, 0.1) is 0 Å². The van der Waals surface area contributed by atoms with E-state index < -0.39 is 0 Å². The zero-order chi connectivity index (χ0) is 14.8. The van der Waals surface area contributed by atoms with E-state index in [9.17, 15) is 0 Å². The van der Waals surface area contributed by atoms with Crippen molar-refractivity contribution in [3.8, 4) is 0 Å². The van der Waals surface area contributed by atoms with Crippen LogP contribution in [0, 0.1) is 94.7 Å². The van der Waals surface area contributed by atoms with E-state index in [0.717, 1.165) is 36.1 Å². The van der Waals surface area contributed by atoms with Crippen molar-refractivity contribution in [2.75, 3.05) is 6.54 Å². The van der Waals surface area contributed by atoms with Gasteiger partial charge in [-0.3, -0.25) is 0 Å². The van der Waals surface area contributed by atoms with Gasteiger partial charge in [-0.05, 0) is 127 Å². The van der Waals surface area contributed by atoms with Crippen LogP contribution in [0.15, 0.2) is 0 Å². The molecule has 8 aliphatic carbocycles. The number of hydrogen-bond donors (Lipinski definition) is 1. The van der Waals surface area contributed by atoms with Crippen LogP contribution in [-0.4, -0.2) is 6.54 Å². The Labute approximate surface area is 140 Å². The molecule has 0 amide bonds. The molecule has 16 atom stereocenters. The summed E-state index contributed by atoms with van der Waals surface area (Å²) in [5, 5.41) is 0. The van der Waals surface area contributed by atoms with Gasteiger partial charge in [0, 0.05) is 0 Å². The summed E-state index contributed by atoms with van der Waals surface area (Å²) in [4.78, 5) is 0. The molecular weight excluding hydrogens is 278 g/mol. The maximum absolute atomic E-state index is 6.02. The average molecular weight is 309 g/mol. The van der Waals surface area contributed by atoms with Crippen molar-refractivity contribution in [2.24, 2.45) is 100 Å². The Balaban J connectivity index is 1.10. The summed E-state index contributed by atoms with van der Waals surface area (Å²) in [5.74, 6) is 18.8. The van der Waals surface area contributed by atoms with Crippen LogP contribution in [0.2, 0.25) is 0 Å². The molecule has 2 N–H and O–H groups in total. The Hall–Kier alpha value is -0.0400. The molecule has 0 aromatic heterocycles. The van der Waals surface area contributed by atoms with Gasteiger partial charge in [0.2, 0.25) is 0 Å². The predicted molar refractivity (Wildman–Crippen MR) is 89.0 cm³/mol. The first-order chi connectivity index (χ1) is 11.3. The summed E-state index contributed by atoms with van der Waals surface area (Å²) >= 11 is 0. The molecule has 8 saturated carbocycles. The molecular formula is C22H31N. The van der Waals surface area contributed by atoms with Crippen LogP contribution in [0.1, 0.15) is 32.6 Å². The molecule has 8 rings (SSSR count). The highest BCUT2D eigenvalue weighted by Gasteiger charge is 2.83. The van der Waals surface area contributed by atoms with Gasteiger partial charge in [-0.25, -0.2) is 0 Å². The SMILES string of the molecule is CC1CC2CC1C1C2C2C3C4CC5C6C(CN)CC6C5C4C3C12. The molecule has 0 saturated heterocycles. The molecule has 0 spiro atoms. The van der Waals surface area contributed by atoms with E-state index in [-0.39, 0.29) is 0 Å². The van der Waals surface area contributed by atoms with E-state index in [1.54, 1.807) is 19.3 Å². The van der Waals surface area contributed by atoms with Crippen molar-refractivity contribution in [1.82, 2.24) is 0 Å². The number of hydrogen-bond acceptors (Lipinski definition) is 1. The van der Waals surface area contributed by atoms with Gasteiger partial charge in [0.1, 0.15) is 0 Å².